The largest absolute Gasteiger partial charge is 0.497 e. The Kier molecular flexibility index (Phi) is 3.76. The number of amides is 1. The van der Waals surface area contributed by atoms with Gasteiger partial charge in [0.15, 0.2) is 0 Å². The number of aromatic nitrogens is 2. The molecule has 2 N–H and O–H groups in total. The van der Waals surface area contributed by atoms with Gasteiger partial charge in [0, 0.05) is 24.3 Å². The molecule has 0 bridgehead atoms. The number of benzene rings is 1. The molecule has 0 unspecified atom stereocenters. The van der Waals surface area contributed by atoms with Crippen molar-refractivity contribution in [2.24, 2.45) is 0 Å². The van der Waals surface area contributed by atoms with E-state index in [9.17, 15) is 4.79 Å². The average molecular weight is 297 g/mol. The van der Waals surface area contributed by atoms with Crippen LogP contribution >= 0.6 is 0 Å². The summed E-state index contributed by atoms with van der Waals surface area (Å²) >= 11 is 0. The van der Waals surface area contributed by atoms with Gasteiger partial charge in [-0.15, -0.1) is 0 Å². The zero-order chi connectivity index (χ0) is 15.5. The molecule has 2 aromatic heterocycles. The maximum Gasteiger partial charge on any atom is 0.293 e. The fraction of sp³-hybridized carbons (Fsp3) is 0.125. The summed E-state index contributed by atoms with van der Waals surface area (Å²) in [5, 5.41) is 9.64. The molecule has 0 spiro atoms. The third-order valence-corrected chi connectivity index (χ3v) is 3.48. The number of hydrogen-bond acceptors (Lipinski definition) is 4. The Morgan fingerprint density at radius 3 is 3.00 bits per heavy atom. The second-order valence-corrected chi connectivity index (χ2v) is 4.86. The van der Waals surface area contributed by atoms with Gasteiger partial charge < -0.3 is 9.30 Å². The predicted octanol–water partition coefficient (Wildman–Crippen LogP) is 2.21. The molecule has 0 aliphatic rings. The van der Waals surface area contributed by atoms with E-state index in [-0.39, 0.29) is 5.69 Å². The number of carbonyl (C=O) groups excluding carboxylic acids is 1. The monoisotopic (exact) mass is 297 g/mol. The molecular weight excluding hydrogens is 282 g/mol. The highest BCUT2D eigenvalue weighted by Crippen LogP contribution is 2.19. The standard InChI is InChI=1S/C16H15N3O3/c1-22-13-4-2-3-11(7-13)10-19-6-5-12-9-17-14(8-15(12)19)16(20)18-21/h2-9,21H,10H2,1H3,(H,18,20). The van der Waals surface area contributed by atoms with Crippen LogP contribution in [0.3, 0.4) is 0 Å². The molecule has 3 aromatic rings. The molecule has 1 amide bonds. The van der Waals surface area contributed by atoms with E-state index in [4.69, 9.17) is 9.94 Å². The van der Waals surface area contributed by atoms with E-state index < -0.39 is 5.91 Å². The number of fused-ring (bicyclic) bond motifs is 1. The number of rotatable bonds is 4. The van der Waals surface area contributed by atoms with Crippen molar-refractivity contribution in [3.8, 4) is 5.75 Å². The lowest BCUT2D eigenvalue weighted by molar-refractivity contribution is 0.0701. The molecule has 3 rings (SSSR count). The van der Waals surface area contributed by atoms with Crippen molar-refractivity contribution >= 4 is 16.8 Å². The maximum absolute atomic E-state index is 11.5. The summed E-state index contributed by atoms with van der Waals surface area (Å²) in [6.07, 6.45) is 3.55. The van der Waals surface area contributed by atoms with Gasteiger partial charge in [-0.3, -0.25) is 15.0 Å². The molecule has 2 heterocycles. The molecule has 6 nitrogen and oxygen atoms in total. The van der Waals surface area contributed by atoms with Crippen molar-refractivity contribution in [1.82, 2.24) is 15.0 Å². The molecule has 22 heavy (non-hydrogen) atoms. The van der Waals surface area contributed by atoms with Crippen molar-refractivity contribution in [3.05, 3.63) is 60.0 Å². The van der Waals surface area contributed by atoms with Gasteiger partial charge in [-0.1, -0.05) is 12.1 Å². The Labute approximate surface area is 126 Å². The number of carbonyl (C=O) groups is 1. The van der Waals surface area contributed by atoms with Crippen molar-refractivity contribution in [2.45, 2.75) is 6.54 Å². The molecule has 0 atom stereocenters. The van der Waals surface area contributed by atoms with Crippen LogP contribution in [0.1, 0.15) is 16.1 Å². The lowest BCUT2D eigenvalue weighted by atomic mass is 10.2. The first-order valence-corrected chi connectivity index (χ1v) is 6.73. The third kappa shape index (κ3) is 2.64. The van der Waals surface area contributed by atoms with Gasteiger partial charge in [-0.25, -0.2) is 5.48 Å². The van der Waals surface area contributed by atoms with E-state index in [2.05, 4.69) is 4.98 Å². The van der Waals surface area contributed by atoms with Gasteiger partial charge in [0.05, 0.1) is 12.6 Å². The smallest absolute Gasteiger partial charge is 0.293 e. The van der Waals surface area contributed by atoms with Crippen LogP contribution in [-0.2, 0) is 6.54 Å². The number of pyridine rings is 1. The number of nitrogens with one attached hydrogen (secondary N) is 1. The fourth-order valence-corrected chi connectivity index (χ4v) is 2.37. The zero-order valence-corrected chi connectivity index (χ0v) is 12.0. The van der Waals surface area contributed by atoms with E-state index in [1.54, 1.807) is 24.9 Å². The SMILES string of the molecule is COc1cccc(Cn2ccc3cnc(C(=O)NO)cc32)c1. The lowest BCUT2D eigenvalue weighted by Crippen LogP contribution is -2.19. The summed E-state index contributed by atoms with van der Waals surface area (Å²) in [6.45, 7) is 0.644. The number of hydrogen-bond donors (Lipinski definition) is 2. The minimum Gasteiger partial charge on any atom is -0.497 e. The van der Waals surface area contributed by atoms with E-state index >= 15 is 0 Å². The normalized spacial score (nSPS) is 10.6. The minimum absolute atomic E-state index is 0.167. The maximum atomic E-state index is 11.5. The van der Waals surface area contributed by atoms with Crippen molar-refractivity contribution in [1.29, 1.82) is 0 Å². The highest BCUT2D eigenvalue weighted by atomic mass is 16.5. The van der Waals surface area contributed by atoms with Crippen LogP contribution < -0.4 is 10.2 Å². The summed E-state index contributed by atoms with van der Waals surface area (Å²) < 4.78 is 7.24. The first-order chi connectivity index (χ1) is 10.7. The third-order valence-electron chi connectivity index (χ3n) is 3.48. The Morgan fingerprint density at radius 2 is 2.23 bits per heavy atom. The van der Waals surface area contributed by atoms with Crippen LogP contribution in [0.2, 0.25) is 0 Å². The number of nitrogens with zero attached hydrogens (tertiary/aromatic N) is 2. The number of hydroxylamine groups is 1. The van der Waals surface area contributed by atoms with Gasteiger partial charge in [0.1, 0.15) is 11.4 Å². The van der Waals surface area contributed by atoms with Crippen LogP contribution in [0, 0.1) is 0 Å². The van der Waals surface area contributed by atoms with Gasteiger partial charge in [-0.2, -0.15) is 0 Å². The van der Waals surface area contributed by atoms with Crippen LogP contribution in [0.4, 0.5) is 0 Å². The predicted molar refractivity (Wildman–Crippen MR) is 81.1 cm³/mol. The summed E-state index contributed by atoms with van der Waals surface area (Å²) in [5.74, 6) is 0.173. The summed E-state index contributed by atoms with van der Waals surface area (Å²) in [6, 6.07) is 11.4. The van der Waals surface area contributed by atoms with Crippen LogP contribution in [0.5, 0.6) is 5.75 Å². The van der Waals surface area contributed by atoms with Crippen LogP contribution in [-0.4, -0.2) is 27.8 Å². The van der Waals surface area contributed by atoms with Gasteiger partial charge in [0.2, 0.25) is 0 Å². The van der Waals surface area contributed by atoms with E-state index in [0.717, 1.165) is 22.2 Å². The quantitative estimate of drug-likeness (QED) is 0.572. The summed E-state index contributed by atoms with van der Waals surface area (Å²) in [5.41, 5.74) is 3.72. The van der Waals surface area contributed by atoms with E-state index in [0.29, 0.717) is 6.54 Å². The van der Waals surface area contributed by atoms with Gasteiger partial charge >= 0.3 is 0 Å². The molecule has 112 valence electrons. The van der Waals surface area contributed by atoms with Gasteiger partial charge in [0.25, 0.3) is 5.91 Å². The van der Waals surface area contributed by atoms with Crippen LogP contribution in [0.25, 0.3) is 10.9 Å². The molecule has 1 aromatic carbocycles. The van der Waals surface area contributed by atoms with E-state index in [1.807, 2.05) is 41.1 Å². The first kappa shape index (κ1) is 14.1. The van der Waals surface area contributed by atoms with Crippen molar-refractivity contribution < 1.29 is 14.7 Å². The summed E-state index contributed by atoms with van der Waals surface area (Å²) in [7, 11) is 1.63. The fourth-order valence-electron chi connectivity index (χ4n) is 2.37. The Hall–Kier alpha value is -2.86. The molecule has 0 saturated heterocycles. The molecule has 0 saturated carbocycles. The topological polar surface area (TPSA) is 76.4 Å². The van der Waals surface area contributed by atoms with Gasteiger partial charge in [-0.05, 0) is 29.8 Å². The molecule has 0 aliphatic carbocycles. The number of ether oxygens (including phenoxy) is 1. The van der Waals surface area contributed by atoms with Crippen molar-refractivity contribution in [2.75, 3.05) is 7.11 Å². The zero-order valence-electron chi connectivity index (χ0n) is 12.0. The Morgan fingerprint density at radius 1 is 1.36 bits per heavy atom. The molecule has 0 fully saturated rings. The highest BCUT2D eigenvalue weighted by molar-refractivity contribution is 5.95. The Balaban J connectivity index is 1.97. The second-order valence-electron chi connectivity index (χ2n) is 4.86. The summed E-state index contributed by atoms with van der Waals surface area (Å²) in [4.78, 5) is 15.5. The first-order valence-electron chi connectivity index (χ1n) is 6.73. The second kappa shape index (κ2) is 5.87. The van der Waals surface area contributed by atoms with Crippen LogP contribution in [0.15, 0.2) is 48.8 Å². The average Bonchev–Trinajstić information content (AvgIpc) is 2.96. The number of methoxy groups -OCH3 is 1. The lowest BCUT2D eigenvalue weighted by Gasteiger charge is -2.08. The highest BCUT2D eigenvalue weighted by Gasteiger charge is 2.09. The molecular formula is C16H15N3O3. The molecule has 0 aliphatic heterocycles. The van der Waals surface area contributed by atoms with E-state index in [1.165, 1.54) is 0 Å². The Bertz CT molecular complexity index is 826. The minimum atomic E-state index is -0.629. The van der Waals surface area contributed by atoms with Crippen molar-refractivity contribution in [3.63, 3.8) is 0 Å². The molecule has 6 heteroatoms. The molecule has 0 radical (unpaired) electrons.